The first-order valence-electron chi connectivity index (χ1n) is 7.16. The van der Waals surface area contributed by atoms with E-state index in [9.17, 15) is 4.79 Å². The molecule has 0 aliphatic heterocycles. The minimum Gasteiger partial charge on any atom is -0.476 e. The molecule has 2 aliphatic rings. The number of nitrogens with one attached hydrogen (secondary N) is 1. The molecule has 5 heteroatoms. The molecule has 1 aromatic rings. The Morgan fingerprint density at radius 3 is 2.60 bits per heavy atom. The van der Waals surface area contributed by atoms with Gasteiger partial charge in [0.25, 0.3) is 0 Å². The van der Waals surface area contributed by atoms with Crippen molar-refractivity contribution in [1.29, 1.82) is 0 Å². The van der Waals surface area contributed by atoms with Crippen molar-refractivity contribution in [3.63, 3.8) is 0 Å². The number of carbonyl (C=O) groups is 1. The summed E-state index contributed by atoms with van der Waals surface area (Å²) in [5.41, 5.74) is 0.524. The molecule has 0 amide bonds. The second kappa shape index (κ2) is 4.17. The Labute approximate surface area is 118 Å². The first-order valence-corrected chi connectivity index (χ1v) is 7.16. The molecular weight excluding hydrogens is 254 g/mol. The van der Waals surface area contributed by atoms with Crippen molar-refractivity contribution in [2.45, 2.75) is 46.1 Å². The summed E-state index contributed by atoms with van der Waals surface area (Å²) in [6, 6.07) is 3.57. The molecule has 3 atom stereocenters. The number of hydrogen-bond donors (Lipinski definition) is 2. The number of anilines is 1. The van der Waals surface area contributed by atoms with Crippen LogP contribution in [0.3, 0.4) is 0 Å². The lowest BCUT2D eigenvalue weighted by Crippen LogP contribution is -2.46. The van der Waals surface area contributed by atoms with Gasteiger partial charge in [0, 0.05) is 6.04 Å². The van der Waals surface area contributed by atoms with E-state index in [1.54, 1.807) is 6.07 Å². The zero-order valence-electron chi connectivity index (χ0n) is 12.2. The normalized spacial score (nSPS) is 34.1. The van der Waals surface area contributed by atoms with Crippen molar-refractivity contribution in [2.75, 3.05) is 5.32 Å². The maximum Gasteiger partial charge on any atom is 0.356 e. The van der Waals surface area contributed by atoms with Crippen LogP contribution in [0.15, 0.2) is 12.1 Å². The van der Waals surface area contributed by atoms with Crippen molar-refractivity contribution in [3.05, 3.63) is 17.8 Å². The summed E-state index contributed by atoms with van der Waals surface area (Å²) in [6.07, 6.45) is 3.82. The molecule has 2 aliphatic carbocycles. The molecule has 2 saturated carbocycles. The summed E-state index contributed by atoms with van der Waals surface area (Å²) in [5, 5.41) is 20.1. The number of nitrogens with zero attached hydrogens (tertiary/aromatic N) is 2. The molecule has 3 rings (SSSR count). The van der Waals surface area contributed by atoms with E-state index < -0.39 is 5.97 Å². The van der Waals surface area contributed by atoms with Gasteiger partial charge in [-0.3, -0.25) is 0 Å². The van der Waals surface area contributed by atoms with Gasteiger partial charge < -0.3 is 10.4 Å². The van der Waals surface area contributed by atoms with Gasteiger partial charge >= 0.3 is 5.97 Å². The quantitative estimate of drug-likeness (QED) is 0.887. The SMILES string of the molecule is CC12CCC(C1)C(C)(C)C2Nc1ccc(C(=O)O)nn1. The summed E-state index contributed by atoms with van der Waals surface area (Å²) >= 11 is 0. The maximum atomic E-state index is 10.8. The molecule has 0 aromatic carbocycles. The summed E-state index contributed by atoms with van der Waals surface area (Å²) in [6.45, 7) is 6.98. The monoisotopic (exact) mass is 275 g/mol. The summed E-state index contributed by atoms with van der Waals surface area (Å²) in [5.74, 6) is 0.384. The highest BCUT2D eigenvalue weighted by molar-refractivity contribution is 5.85. The van der Waals surface area contributed by atoms with Crippen molar-refractivity contribution in [3.8, 4) is 0 Å². The highest BCUT2D eigenvalue weighted by Gasteiger charge is 2.59. The Hall–Kier alpha value is -1.65. The van der Waals surface area contributed by atoms with Crippen LogP contribution in [0.5, 0.6) is 0 Å². The van der Waals surface area contributed by atoms with Crippen LogP contribution in [0.1, 0.15) is 50.5 Å². The average molecular weight is 275 g/mol. The van der Waals surface area contributed by atoms with E-state index >= 15 is 0 Å². The first kappa shape index (κ1) is 13.3. The van der Waals surface area contributed by atoms with Crippen molar-refractivity contribution in [1.82, 2.24) is 10.2 Å². The third-order valence-corrected chi connectivity index (χ3v) is 5.45. The number of aromatic carboxylic acids is 1. The molecule has 0 spiro atoms. The third-order valence-electron chi connectivity index (χ3n) is 5.45. The van der Waals surface area contributed by atoms with Gasteiger partial charge in [-0.15, -0.1) is 10.2 Å². The van der Waals surface area contributed by atoms with Gasteiger partial charge in [-0.2, -0.15) is 0 Å². The van der Waals surface area contributed by atoms with Crippen LogP contribution in [0.4, 0.5) is 5.82 Å². The van der Waals surface area contributed by atoms with E-state index in [1.165, 1.54) is 25.3 Å². The topological polar surface area (TPSA) is 75.1 Å². The van der Waals surface area contributed by atoms with Crippen LogP contribution in [0.2, 0.25) is 0 Å². The third kappa shape index (κ3) is 1.87. The van der Waals surface area contributed by atoms with Gasteiger partial charge in [-0.05, 0) is 48.1 Å². The van der Waals surface area contributed by atoms with Crippen LogP contribution in [-0.4, -0.2) is 27.3 Å². The van der Waals surface area contributed by atoms with Crippen molar-refractivity contribution in [2.24, 2.45) is 16.7 Å². The molecule has 3 unspecified atom stereocenters. The van der Waals surface area contributed by atoms with E-state index in [-0.39, 0.29) is 11.1 Å². The van der Waals surface area contributed by atoms with Gasteiger partial charge in [0.15, 0.2) is 5.69 Å². The van der Waals surface area contributed by atoms with Crippen molar-refractivity contribution >= 4 is 11.8 Å². The molecular formula is C15H21N3O2. The van der Waals surface area contributed by atoms with E-state index in [4.69, 9.17) is 5.11 Å². The number of carboxylic acid groups (broad SMARTS) is 1. The molecule has 108 valence electrons. The van der Waals surface area contributed by atoms with Crippen LogP contribution < -0.4 is 5.32 Å². The number of aromatic nitrogens is 2. The van der Waals surface area contributed by atoms with E-state index in [1.807, 2.05) is 0 Å². The van der Waals surface area contributed by atoms with Gasteiger partial charge in [0.05, 0.1) is 0 Å². The fourth-order valence-corrected chi connectivity index (χ4v) is 4.33. The molecule has 2 bridgehead atoms. The highest BCUT2D eigenvalue weighted by Crippen LogP contribution is 2.62. The van der Waals surface area contributed by atoms with Crippen molar-refractivity contribution < 1.29 is 9.90 Å². The highest BCUT2D eigenvalue weighted by atomic mass is 16.4. The fraction of sp³-hybridized carbons (Fsp3) is 0.667. The summed E-state index contributed by atoms with van der Waals surface area (Å²) in [7, 11) is 0. The van der Waals surface area contributed by atoms with E-state index in [0.29, 0.717) is 17.3 Å². The molecule has 5 nitrogen and oxygen atoms in total. The average Bonchev–Trinajstić information content (AvgIpc) is 2.86. The predicted octanol–water partition coefficient (Wildman–Crippen LogP) is 2.80. The number of carboxylic acids is 1. The number of fused-ring (bicyclic) bond motifs is 2. The molecule has 20 heavy (non-hydrogen) atoms. The molecule has 0 saturated heterocycles. The van der Waals surface area contributed by atoms with Crippen LogP contribution >= 0.6 is 0 Å². The van der Waals surface area contributed by atoms with Gasteiger partial charge in [-0.1, -0.05) is 20.8 Å². The Morgan fingerprint density at radius 2 is 2.10 bits per heavy atom. The summed E-state index contributed by atoms with van der Waals surface area (Å²) < 4.78 is 0. The van der Waals surface area contributed by atoms with E-state index in [2.05, 4.69) is 36.3 Å². The molecule has 1 aromatic heterocycles. The minimum absolute atomic E-state index is 0.0195. The van der Waals surface area contributed by atoms with Gasteiger partial charge in [0.2, 0.25) is 0 Å². The second-order valence-corrected chi connectivity index (χ2v) is 7.10. The number of hydrogen-bond acceptors (Lipinski definition) is 4. The zero-order valence-corrected chi connectivity index (χ0v) is 12.2. The molecule has 2 fully saturated rings. The number of rotatable bonds is 3. The zero-order chi connectivity index (χ0) is 14.5. The van der Waals surface area contributed by atoms with Crippen LogP contribution in [0, 0.1) is 16.7 Å². The van der Waals surface area contributed by atoms with Gasteiger partial charge in [-0.25, -0.2) is 4.79 Å². The van der Waals surface area contributed by atoms with Gasteiger partial charge in [0.1, 0.15) is 5.82 Å². The first-order chi connectivity index (χ1) is 9.33. The predicted molar refractivity (Wildman–Crippen MR) is 75.6 cm³/mol. The lowest BCUT2D eigenvalue weighted by atomic mass is 9.68. The lowest BCUT2D eigenvalue weighted by molar-refractivity contribution is 0.0689. The fourth-order valence-electron chi connectivity index (χ4n) is 4.33. The Bertz CT molecular complexity index is 536. The smallest absolute Gasteiger partial charge is 0.356 e. The summed E-state index contributed by atoms with van der Waals surface area (Å²) in [4.78, 5) is 10.8. The molecule has 0 radical (unpaired) electrons. The molecule has 1 heterocycles. The largest absolute Gasteiger partial charge is 0.476 e. The minimum atomic E-state index is -1.05. The maximum absolute atomic E-state index is 10.8. The second-order valence-electron chi connectivity index (χ2n) is 7.10. The Kier molecular flexibility index (Phi) is 2.78. The lowest BCUT2D eigenvalue weighted by Gasteiger charge is -2.43. The molecule has 2 N–H and O–H groups in total. The Morgan fingerprint density at radius 1 is 1.35 bits per heavy atom. The van der Waals surface area contributed by atoms with E-state index in [0.717, 1.165) is 5.92 Å². The Balaban J connectivity index is 1.82. The van der Waals surface area contributed by atoms with Crippen LogP contribution in [-0.2, 0) is 0 Å². The standard InChI is InChI=1S/C15H21N3O2/c1-14(2)9-6-7-15(3,8-9)13(14)16-11-5-4-10(12(19)20)17-18-11/h4-5,9,13H,6-8H2,1-3H3,(H,16,18)(H,19,20). The van der Waals surface area contributed by atoms with Crippen LogP contribution in [0.25, 0.3) is 0 Å².